The highest BCUT2D eigenvalue weighted by Crippen LogP contribution is 2.17. The molecule has 0 aromatic carbocycles. The van der Waals surface area contributed by atoms with E-state index in [-0.39, 0.29) is 30.9 Å². The van der Waals surface area contributed by atoms with E-state index in [0.29, 0.717) is 0 Å². The largest absolute Gasteiger partial charge is 0.376 e. The van der Waals surface area contributed by atoms with Gasteiger partial charge in [0.05, 0.1) is 18.2 Å². The number of hydrogen-bond donors (Lipinski definition) is 2. The van der Waals surface area contributed by atoms with Crippen molar-refractivity contribution in [2.45, 2.75) is 19.4 Å². The smallest absolute Gasteiger partial charge is 0.156 e. The molecule has 1 saturated heterocycles. The Hall–Kier alpha value is -1.21. The lowest BCUT2D eigenvalue weighted by Gasteiger charge is -2.23. The van der Waals surface area contributed by atoms with E-state index in [2.05, 4.69) is 25.6 Å². The summed E-state index contributed by atoms with van der Waals surface area (Å²) in [6.07, 6.45) is 2.80. The van der Waals surface area contributed by atoms with Crippen LogP contribution in [0.2, 0.25) is 0 Å². The highest BCUT2D eigenvalue weighted by Gasteiger charge is 2.13. The highest BCUT2D eigenvalue weighted by molar-refractivity contribution is 5.86. The minimum Gasteiger partial charge on any atom is -0.376 e. The number of morpholine rings is 1. The van der Waals surface area contributed by atoms with Crippen LogP contribution in [0, 0.1) is 6.92 Å². The van der Waals surface area contributed by atoms with Crippen molar-refractivity contribution in [1.29, 1.82) is 0 Å². The normalized spacial score (nSPS) is 17.4. The molecule has 22 heavy (non-hydrogen) atoms. The Morgan fingerprint density at radius 3 is 2.95 bits per heavy atom. The molecule has 6 nitrogen and oxygen atoms in total. The van der Waals surface area contributed by atoms with E-state index in [1.54, 1.807) is 6.33 Å². The van der Waals surface area contributed by atoms with Crippen LogP contribution in [0.5, 0.6) is 0 Å². The Bertz CT molecular complexity index is 592. The summed E-state index contributed by atoms with van der Waals surface area (Å²) in [7, 11) is 0. The molecule has 2 N–H and O–H groups in total. The molecule has 1 unspecified atom stereocenters. The molecular weight excluding hydrogens is 325 g/mol. The van der Waals surface area contributed by atoms with Gasteiger partial charge in [-0.2, -0.15) is 0 Å². The zero-order valence-corrected chi connectivity index (χ0v) is 14.0. The van der Waals surface area contributed by atoms with Crippen molar-refractivity contribution in [2.24, 2.45) is 0 Å². The van der Waals surface area contributed by atoms with E-state index in [1.807, 2.05) is 19.1 Å². The summed E-state index contributed by atoms with van der Waals surface area (Å²) in [5, 5.41) is 6.67. The molecule has 3 rings (SSSR count). The fourth-order valence-electron chi connectivity index (χ4n) is 2.32. The van der Waals surface area contributed by atoms with Crippen LogP contribution >= 0.6 is 24.8 Å². The summed E-state index contributed by atoms with van der Waals surface area (Å²) in [4.78, 5) is 13.0. The molecule has 122 valence electrons. The Morgan fingerprint density at radius 2 is 2.18 bits per heavy atom. The maximum atomic E-state index is 5.67. The topological polar surface area (TPSA) is 72.0 Å². The van der Waals surface area contributed by atoms with Gasteiger partial charge in [-0.15, -0.1) is 24.8 Å². The van der Waals surface area contributed by atoms with E-state index in [4.69, 9.17) is 4.74 Å². The van der Waals surface area contributed by atoms with Gasteiger partial charge in [-0.3, -0.25) is 0 Å². The van der Waals surface area contributed by atoms with Gasteiger partial charge in [-0.1, -0.05) is 0 Å². The number of pyridine rings is 1. The number of rotatable bonds is 4. The predicted octanol–water partition coefficient (Wildman–Crippen LogP) is 1.97. The number of halogens is 2. The van der Waals surface area contributed by atoms with Gasteiger partial charge < -0.3 is 15.4 Å². The second kappa shape index (κ2) is 9.05. The van der Waals surface area contributed by atoms with Crippen LogP contribution in [0.4, 0.5) is 5.82 Å². The second-order valence-corrected chi connectivity index (χ2v) is 4.96. The SMILES string of the molecule is Cc1ccc2ncnc(NCCC3CNCCO3)c2n1.Cl.Cl. The minimum absolute atomic E-state index is 0. The van der Waals surface area contributed by atoms with E-state index in [0.717, 1.165) is 55.2 Å². The van der Waals surface area contributed by atoms with Crippen molar-refractivity contribution in [2.75, 3.05) is 31.6 Å². The first-order valence-corrected chi connectivity index (χ1v) is 6.97. The molecule has 0 aliphatic carbocycles. The number of ether oxygens (including phenoxy) is 1. The van der Waals surface area contributed by atoms with Gasteiger partial charge in [0.25, 0.3) is 0 Å². The van der Waals surface area contributed by atoms with Gasteiger partial charge in [0.1, 0.15) is 11.8 Å². The maximum Gasteiger partial charge on any atom is 0.156 e. The molecule has 2 aromatic rings. The van der Waals surface area contributed by atoms with Crippen LogP contribution in [-0.4, -0.2) is 47.3 Å². The Morgan fingerprint density at radius 1 is 1.32 bits per heavy atom. The summed E-state index contributed by atoms with van der Waals surface area (Å²) in [5.74, 6) is 0.794. The molecule has 1 atom stereocenters. The number of fused-ring (bicyclic) bond motifs is 1. The van der Waals surface area contributed by atoms with Crippen LogP contribution in [-0.2, 0) is 4.74 Å². The van der Waals surface area contributed by atoms with Crippen molar-refractivity contribution in [1.82, 2.24) is 20.3 Å². The van der Waals surface area contributed by atoms with Crippen LogP contribution in [0.25, 0.3) is 11.0 Å². The van der Waals surface area contributed by atoms with Gasteiger partial charge in [0.15, 0.2) is 5.82 Å². The molecule has 0 radical (unpaired) electrons. The summed E-state index contributed by atoms with van der Waals surface area (Å²) < 4.78 is 5.67. The number of nitrogens with zero attached hydrogens (tertiary/aromatic N) is 3. The standard InChI is InChI=1S/C14H19N5O.2ClH/c1-10-2-3-12-13(19-10)14(18-9-17-12)16-5-4-11-8-15-6-7-20-11;;/h2-3,9,11,15H,4-8H2,1H3,(H,16,17,18);2*1H. The zero-order valence-electron chi connectivity index (χ0n) is 12.4. The molecule has 0 amide bonds. The summed E-state index contributed by atoms with van der Waals surface area (Å²) >= 11 is 0. The zero-order chi connectivity index (χ0) is 13.8. The van der Waals surface area contributed by atoms with E-state index in [9.17, 15) is 0 Å². The van der Waals surface area contributed by atoms with Gasteiger partial charge in [-0.25, -0.2) is 15.0 Å². The third-order valence-corrected chi connectivity index (χ3v) is 3.38. The third kappa shape index (κ3) is 4.64. The van der Waals surface area contributed by atoms with Gasteiger partial charge in [-0.05, 0) is 25.5 Å². The fourth-order valence-corrected chi connectivity index (χ4v) is 2.32. The van der Waals surface area contributed by atoms with Crippen LogP contribution < -0.4 is 10.6 Å². The first-order valence-electron chi connectivity index (χ1n) is 6.97. The molecule has 0 spiro atoms. The molecule has 1 aliphatic rings. The van der Waals surface area contributed by atoms with E-state index >= 15 is 0 Å². The Kier molecular flexibility index (Phi) is 7.75. The maximum absolute atomic E-state index is 5.67. The van der Waals surface area contributed by atoms with Crippen LogP contribution in [0.1, 0.15) is 12.1 Å². The number of aromatic nitrogens is 3. The van der Waals surface area contributed by atoms with Crippen molar-refractivity contribution in [3.05, 3.63) is 24.2 Å². The minimum atomic E-state index is 0. The van der Waals surface area contributed by atoms with Gasteiger partial charge in [0, 0.05) is 25.3 Å². The number of anilines is 1. The van der Waals surface area contributed by atoms with Crippen LogP contribution in [0.3, 0.4) is 0 Å². The van der Waals surface area contributed by atoms with E-state index < -0.39 is 0 Å². The number of aryl methyl sites for hydroxylation is 1. The number of nitrogens with one attached hydrogen (secondary N) is 2. The van der Waals surface area contributed by atoms with E-state index in [1.165, 1.54) is 0 Å². The summed E-state index contributed by atoms with van der Waals surface area (Å²) in [6.45, 7) is 5.45. The average Bonchev–Trinajstić information content (AvgIpc) is 2.49. The molecule has 3 heterocycles. The second-order valence-electron chi connectivity index (χ2n) is 4.96. The summed E-state index contributed by atoms with van der Waals surface area (Å²) in [6, 6.07) is 3.93. The first-order chi connectivity index (χ1) is 9.83. The van der Waals surface area contributed by atoms with Gasteiger partial charge >= 0.3 is 0 Å². The quantitative estimate of drug-likeness (QED) is 0.882. The average molecular weight is 346 g/mol. The number of hydrogen-bond acceptors (Lipinski definition) is 6. The molecule has 0 saturated carbocycles. The van der Waals surface area contributed by atoms with Gasteiger partial charge in [0.2, 0.25) is 0 Å². The monoisotopic (exact) mass is 345 g/mol. The first kappa shape index (κ1) is 18.8. The predicted molar refractivity (Wildman–Crippen MR) is 92.3 cm³/mol. The van der Waals surface area contributed by atoms with Crippen molar-refractivity contribution in [3.63, 3.8) is 0 Å². The summed E-state index contributed by atoms with van der Waals surface area (Å²) in [5.41, 5.74) is 2.66. The van der Waals surface area contributed by atoms with Crippen molar-refractivity contribution in [3.8, 4) is 0 Å². The lowest BCUT2D eigenvalue weighted by Crippen LogP contribution is -2.39. The highest BCUT2D eigenvalue weighted by atomic mass is 35.5. The fraction of sp³-hybridized carbons (Fsp3) is 0.500. The van der Waals surface area contributed by atoms with Crippen LogP contribution in [0.15, 0.2) is 18.5 Å². The third-order valence-electron chi connectivity index (χ3n) is 3.38. The lowest BCUT2D eigenvalue weighted by atomic mass is 10.2. The molecule has 2 aromatic heterocycles. The van der Waals surface area contributed by atoms with Crippen molar-refractivity contribution >= 4 is 41.7 Å². The molecule has 8 heteroatoms. The molecular formula is C14H21Cl2N5O. The Labute approximate surface area is 142 Å². The molecule has 1 fully saturated rings. The van der Waals surface area contributed by atoms with Crippen molar-refractivity contribution < 1.29 is 4.74 Å². The molecule has 0 bridgehead atoms. The molecule has 1 aliphatic heterocycles. The Balaban J connectivity index is 0.00000121. The lowest BCUT2D eigenvalue weighted by molar-refractivity contribution is 0.0258.